The molecule has 2 N–H and O–H groups in total. The zero-order chi connectivity index (χ0) is 13.8. The van der Waals surface area contributed by atoms with Crippen LogP contribution in [-0.4, -0.2) is 10.0 Å². The van der Waals surface area contributed by atoms with Crippen molar-refractivity contribution < 1.29 is 18.8 Å². The van der Waals surface area contributed by atoms with Gasteiger partial charge in [0.25, 0.3) is 0 Å². The van der Waals surface area contributed by atoms with Crippen LogP contribution in [0.2, 0.25) is 0 Å². The average molecular weight is 266 g/mol. The zero-order valence-electron chi connectivity index (χ0n) is 9.80. The second-order valence-electron chi connectivity index (χ2n) is 3.80. The highest BCUT2D eigenvalue weighted by molar-refractivity contribution is 5.49. The summed E-state index contributed by atoms with van der Waals surface area (Å²) in [4.78, 5) is 9.68. The van der Waals surface area contributed by atoms with Crippen molar-refractivity contribution in [3.05, 3.63) is 57.8 Å². The van der Waals surface area contributed by atoms with E-state index in [1.807, 2.05) is 0 Å². The summed E-state index contributed by atoms with van der Waals surface area (Å²) in [5, 5.41) is 22.1. The summed E-state index contributed by atoms with van der Waals surface area (Å²) in [6, 6.07) is 6.87. The number of nitro benzene ring substituents is 1. The van der Waals surface area contributed by atoms with E-state index >= 15 is 0 Å². The van der Waals surface area contributed by atoms with Gasteiger partial charge < -0.3 is 14.8 Å². The minimum atomic E-state index is -0.898. The monoisotopic (exact) mass is 266 g/mol. The number of rotatable bonds is 5. The van der Waals surface area contributed by atoms with Crippen molar-refractivity contribution in [1.29, 1.82) is 0 Å². The van der Waals surface area contributed by atoms with E-state index in [2.05, 4.69) is 5.32 Å². The summed E-state index contributed by atoms with van der Waals surface area (Å²) in [7, 11) is 0. The Morgan fingerprint density at radius 1 is 1.32 bits per heavy atom. The molecule has 0 aliphatic carbocycles. The van der Waals surface area contributed by atoms with Gasteiger partial charge in [-0.05, 0) is 18.2 Å². The van der Waals surface area contributed by atoms with Crippen molar-refractivity contribution >= 4 is 11.4 Å². The van der Waals surface area contributed by atoms with Gasteiger partial charge >= 0.3 is 5.69 Å². The number of aliphatic hydroxyl groups is 1. The van der Waals surface area contributed by atoms with Crippen LogP contribution < -0.4 is 5.32 Å². The second-order valence-corrected chi connectivity index (χ2v) is 3.80. The molecule has 19 heavy (non-hydrogen) atoms. The Kier molecular flexibility index (Phi) is 3.76. The van der Waals surface area contributed by atoms with Gasteiger partial charge in [0.15, 0.2) is 0 Å². The van der Waals surface area contributed by atoms with E-state index in [0.29, 0.717) is 17.2 Å². The molecular weight excluding hydrogens is 255 g/mol. The fourth-order valence-electron chi connectivity index (χ4n) is 1.56. The molecule has 7 heteroatoms. The van der Waals surface area contributed by atoms with Gasteiger partial charge in [0.05, 0.1) is 11.5 Å². The molecule has 0 aliphatic heterocycles. The van der Waals surface area contributed by atoms with Crippen LogP contribution in [0.15, 0.2) is 34.7 Å². The highest BCUT2D eigenvalue weighted by Gasteiger charge is 2.13. The third-order valence-corrected chi connectivity index (χ3v) is 2.48. The van der Waals surface area contributed by atoms with E-state index in [9.17, 15) is 14.5 Å². The molecule has 0 amide bonds. The van der Waals surface area contributed by atoms with Crippen LogP contribution in [0.5, 0.6) is 0 Å². The number of nitrogens with zero attached hydrogens (tertiary/aromatic N) is 1. The molecule has 2 aromatic rings. The Labute approximate surface area is 107 Å². The molecule has 0 bridgehead atoms. The maximum absolute atomic E-state index is 13.3. The number of nitrogens with one attached hydrogen (secondary N) is 1. The van der Waals surface area contributed by atoms with E-state index in [0.717, 1.165) is 12.1 Å². The van der Waals surface area contributed by atoms with Crippen molar-refractivity contribution in [2.24, 2.45) is 0 Å². The molecule has 0 aliphatic rings. The Bertz CT molecular complexity index is 597. The SMILES string of the molecule is O=[N+]([O-])c1ccc(NCc2ccc(CO)o2)cc1F. The molecule has 100 valence electrons. The van der Waals surface area contributed by atoms with Crippen molar-refractivity contribution in [1.82, 2.24) is 0 Å². The maximum atomic E-state index is 13.3. The third kappa shape index (κ3) is 3.08. The first kappa shape index (κ1) is 13.0. The van der Waals surface area contributed by atoms with Gasteiger partial charge in [-0.25, -0.2) is 0 Å². The first-order valence-electron chi connectivity index (χ1n) is 5.46. The summed E-state index contributed by atoms with van der Waals surface area (Å²) >= 11 is 0. The van der Waals surface area contributed by atoms with E-state index in [4.69, 9.17) is 9.52 Å². The standard InChI is InChI=1S/C12H11FN2O4/c13-11-5-8(1-4-12(11)15(17)18)14-6-9-2-3-10(7-16)19-9/h1-5,14,16H,6-7H2. The highest BCUT2D eigenvalue weighted by atomic mass is 19.1. The van der Waals surface area contributed by atoms with Crippen molar-refractivity contribution in [3.63, 3.8) is 0 Å². The average Bonchev–Trinajstić information content (AvgIpc) is 2.84. The lowest BCUT2D eigenvalue weighted by Gasteiger charge is -2.04. The molecule has 6 nitrogen and oxygen atoms in total. The molecule has 1 aromatic carbocycles. The first-order chi connectivity index (χ1) is 9.10. The highest BCUT2D eigenvalue weighted by Crippen LogP contribution is 2.21. The smallest absolute Gasteiger partial charge is 0.304 e. The Morgan fingerprint density at radius 2 is 2.05 bits per heavy atom. The summed E-state index contributed by atoms with van der Waals surface area (Å²) in [5.74, 6) is 0.111. The number of anilines is 1. The predicted octanol–water partition coefficient (Wildman–Crippen LogP) is 2.43. The fraction of sp³-hybridized carbons (Fsp3) is 0.167. The van der Waals surface area contributed by atoms with Crippen LogP contribution in [0.25, 0.3) is 0 Å². The summed E-state index contributed by atoms with van der Waals surface area (Å²) in [6.45, 7) is 0.101. The number of furan rings is 1. The molecular formula is C12H11FN2O4. The minimum absolute atomic E-state index is 0.188. The summed E-state index contributed by atoms with van der Waals surface area (Å²) in [5.41, 5.74) is -0.156. The van der Waals surface area contributed by atoms with Gasteiger partial charge in [0, 0.05) is 17.8 Å². The zero-order valence-corrected chi connectivity index (χ0v) is 9.80. The normalized spacial score (nSPS) is 10.4. The van der Waals surface area contributed by atoms with E-state index < -0.39 is 16.4 Å². The van der Waals surface area contributed by atoms with E-state index in [1.54, 1.807) is 12.1 Å². The maximum Gasteiger partial charge on any atom is 0.304 e. The first-order valence-corrected chi connectivity index (χ1v) is 5.46. The number of hydrogen-bond donors (Lipinski definition) is 2. The van der Waals surface area contributed by atoms with Crippen LogP contribution in [0.3, 0.4) is 0 Å². The van der Waals surface area contributed by atoms with Gasteiger partial charge in [-0.15, -0.1) is 0 Å². The van der Waals surface area contributed by atoms with Crippen LogP contribution in [0.4, 0.5) is 15.8 Å². The fourth-order valence-corrected chi connectivity index (χ4v) is 1.56. The molecule has 0 spiro atoms. The van der Waals surface area contributed by atoms with E-state index in [1.165, 1.54) is 6.07 Å². The molecule has 1 heterocycles. The van der Waals surface area contributed by atoms with Gasteiger partial charge in [-0.3, -0.25) is 10.1 Å². The lowest BCUT2D eigenvalue weighted by molar-refractivity contribution is -0.387. The molecule has 0 saturated carbocycles. The lowest BCUT2D eigenvalue weighted by Crippen LogP contribution is -2.00. The molecule has 0 radical (unpaired) electrons. The van der Waals surface area contributed by atoms with Crippen molar-refractivity contribution in [3.8, 4) is 0 Å². The van der Waals surface area contributed by atoms with Crippen LogP contribution >= 0.6 is 0 Å². The lowest BCUT2D eigenvalue weighted by atomic mass is 10.2. The Hall–Kier alpha value is -2.41. The Balaban J connectivity index is 2.03. The van der Waals surface area contributed by atoms with Gasteiger partial charge in [0.1, 0.15) is 18.1 Å². The van der Waals surface area contributed by atoms with Crippen LogP contribution in [0, 0.1) is 15.9 Å². The van der Waals surface area contributed by atoms with E-state index in [-0.39, 0.29) is 13.2 Å². The number of hydrogen-bond acceptors (Lipinski definition) is 5. The summed E-state index contributed by atoms with van der Waals surface area (Å²) in [6.07, 6.45) is 0. The molecule has 1 aromatic heterocycles. The van der Waals surface area contributed by atoms with Crippen molar-refractivity contribution in [2.75, 3.05) is 5.32 Å². The quantitative estimate of drug-likeness (QED) is 0.641. The Morgan fingerprint density at radius 3 is 2.63 bits per heavy atom. The minimum Gasteiger partial charge on any atom is -0.462 e. The predicted molar refractivity (Wildman–Crippen MR) is 65.0 cm³/mol. The number of benzene rings is 1. The number of halogens is 1. The largest absolute Gasteiger partial charge is 0.462 e. The van der Waals surface area contributed by atoms with Crippen molar-refractivity contribution in [2.45, 2.75) is 13.2 Å². The van der Waals surface area contributed by atoms with Crippen LogP contribution in [-0.2, 0) is 13.2 Å². The number of nitro groups is 1. The molecule has 0 unspecified atom stereocenters. The van der Waals surface area contributed by atoms with Gasteiger partial charge in [-0.1, -0.05) is 0 Å². The molecule has 0 saturated heterocycles. The third-order valence-electron chi connectivity index (χ3n) is 2.48. The molecule has 0 fully saturated rings. The van der Waals surface area contributed by atoms with Gasteiger partial charge in [-0.2, -0.15) is 4.39 Å². The topological polar surface area (TPSA) is 88.5 Å². The van der Waals surface area contributed by atoms with Crippen LogP contribution in [0.1, 0.15) is 11.5 Å². The summed E-state index contributed by atoms with van der Waals surface area (Å²) < 4.78 is 18.6. The molecule has 0 atom stereocenters. The molecule has 2 rings (SSSR count). The number of aliphatic hydroxyl groups excluding tert-OH is 1. The van der Waals surface area contributed by atoms with Gasteiger partial charge in [0.2, 0.25) is 5.82 Å². The second kappa shape index (κ2) is 5.49.